The molecule has 0 spiro atoms. The molecule has 1 saturated heterocycles. The minimum absolute atomic E-state index is 0.196. The third kappa shape index (κ3) is 7.02. The standard InChI is InChI=1S/C9H15B2NO3.2C2H6/c1-8(15-2)3-5-12(6-4-8)7(13)9(10,11)14;2*1-2/h14H,3-6H2,1-2H3;2*1-2H3. The second-order valence-corrected chi connectivity index (χ2v) is 4.27. The number of aliphatic hydroxyl groups is 1. The van der Waals surface area contributed by atoms with E-state index in [1.807, 2.05) is 34.6 Å². The highest BCUT2D eigenvalue weighted by Gasteiger charge is 2.35. The van der Waals surface area contributed by atoms with Crippen molar-refractivity contribution in [2.24, 2.45) is 0 Å². The lowest BCUT2D eigenvalue weighted by atomic mass is 9.64. The fraction of sp³-hybridized carbons (Fsp3) is 0.923. The number of nitrogens with zero attached hydrogens (tertiary/aromatic N) is 1. The first-order valence-electron chi connectivity index (χ1n) is 6.93. The summed E-state index contributed by atoms with van der Waals surface area (Å²) in [5.41, 5.74) is -0.196. The Kier molecular flexibility index (Phi) is 10.3. The first-order valence-corrected chi connectivity index (χ1v) is 6.93. The molecule has 1 aliphatic heterocycles. The van der Waals surface area contributed by atoms with Gasteiger partial charge < -0.3 is 14.7 Å². The lowest BCUT2D eigenvalue weighted by Crippen LogP contribution is -2.54. The predicted molar refractivity (Wildman–Crippen MR) is 80.4 cm³/mol. The lowest BCUT2D eigenvalue weighted by Gasteiger charge is -2.40. The Bertz CT molecular complexity index is 247. The third-order valence-electron chi connectivity index (χ3n) is 2.94. The molecule has 1 heterocycles. The van der Waals surface area contributed by atoms with Crippen molar-refractivity contribution in [3.8, 4) is 0 Å². The van der Waals surface area contributed by atoms with Gasteiger partial charge in [0.1, 0.15) is 15.7 Å². The molecular formula is C13H27B2NO3. The fourth-order valence-corrected chi connectivity index (χ4v) is 1.64. The van der Waals surface area contributed by atoms with Gasteiger partial charge in [0.15, 0.2) is 0 Å². The molecule has 0 saturated carbocycles. The van der Waals surface area contributed by atoms with Crippen molar-refractivity contribution in [1.82, 2.24) is 4.90 Å². The van der Waals surface area contributed by atoms with Gasteiger partial charge in [0.05, 0.1) is 11.0 Å². The minimum Gasteiger partial charge on any atom is -0.400 e. The summed E-state index contributed by atoms with van der Waals surface area (Å²) in [6, 6.07) is 0. The molecule has 0 aliphatic carbocycles. The first-order chi connectivity index (χ1) is 8.78. The summed E-state index contributed by atoms with van der Waals surface area (Å²) in [7, 11) is 11.9. The van der Waals surface area contributed by atoms with E-state index in [0.717, 1.165) is 0 Å². The van der Waals surface area contributed by atoms with Crippen molar-refractivity contribution < 1.29 is 14.6 Å². The van der Waals surface area contributed by atoms with Crippen LogP contribution >= 0.6 is 0 Å². The maximum absolute atomic E-state index is 11.5. The van der Waals surface area contributed by atoms with E-state index in [2.05, 4.69) is 0 Å². The number of carbonyl (C=O) groups excluding carboxylic acids is 1. The summed E-state index contributed by atoms with van der Waals surface area (Å²) in [6.45, 7) is 11.0. The predicted octanol–water partition coefficient (Wildman–Crippen LogP) is 1.05. The number of methoxy groups -OCH3 is 1. The zero-order valence-electron chi connectivity index (χ0n) is 13.2. The monoisotopic (exact) mass is 267 g/mol. The molecule has 1 amide bonds. The zero-order chi connectivity index (χ0) is 15.7. The van der Waals surface area contributed by atoms with Crippen LogP contribution in [0.25, 0.3) is 0 Å². The van der Waals surface area contributed by atoms with Gasteiger partial charge in [-0.1, -0.05) is 27.7 Å². The fourth-order valence-electron chi connectivity index (χ4n) is 1.64. The molecular weight excluding hydrogens is 240 g/mol. The lowest BCUT2D eigenvalue weighted by molar-refractivity contribution is -0.143. The molecule has 0 atom stereocenters. The average Bonchev–Trinajstić information content (AvgIpc) is 2.42. The molecule has 1 N–H and O–H groups in total. The minimum atomic E-state index is -2.26. The van der Waals surface area contributed by atoms with Gasteiger partial charge in [-0.2, -0.15) is 0 Å². The van der Waals surface area contributed by atoms with Crippen LogP contribution in [0.5, 0.6) is 0 Å². The van der Waals surface area contributed by atoms with Gasteiger partial charge >= 0.3 is 0 Å². The van der Waals surface area contributed by atoms with Gasteiger partial charge in [-0.05, 0) is 19.8 Å². The summed E-state index contributed by atoms with van der Waals surface area (Å²) < 4.78 is 5.33. The second kappa shape index (κ2) is 9.43. The van der Waals surface area contributed by atoms with Crippen LogP contribution in [0.1, 0.15) is 47.5 Å². The van der Waals surface area contributed by atoms with E-state index in [0.29, 0.717) is 25.9 Å². The Balaban J connectivity index is 0. The molecule has 1 fully saturated rings. The number of carbonyl (C=O) groups is 1. The number of rotatable bonds is 2. The SMILES string of the molecule is CC.CC.[B]C([B])(O)C(=O)N1CCC(C)(OC)CC1. The van der Waals surface area contributed by atoms with Crippen LogP contribution in [0, 0.1) is 0 Å². The van der Waals surface area contributed by atoms with Crippen LogP contribution in [0.3, 0.4) is 0 Å². The highest BCUT2D eigenvalue weighted by molar-refractivity contribution is 6.49. The summed E-state index contributed by atoms with van der Waals surface area (Å²) in [4.78, 5) is 13.0. The highest BCUT2D eigenvalue weighted by atomic mass is 16.5. The van der Waals surface area contributed by atoms with Crippen LogP contribution < -0.4 is 0 Å². The quantitative estimate of drug-likeness (QED) is 0.761. The molecule has 0 unspecified atom stereocenters. The third-order valence-corrected chi connectivity index (χ3v) is 2.94. The Morgan fingerprint density at radius 2 is 1.58 bits per heavy atom. The molecule has 1 rings (SSSR count). The van der Waals surface area contributed by atoms with Crippen LogP contribution in [-0.4, -0.2) is 62.8 Å². The molecule has 19 heavy (non-hydrogen) atoms. The number of likely N-dealkylation sites (tertiary alicyclic amines) is 1. The smallest absolute Gasteiger partial charge is 0.235 e. The van der Waals surface area contributed by atoms with Crippen molar-refractivity contribution in [2.75, 3.05) is 20.2 Å². The Labute approximate surface area is 120 Å². The number of hydrogen-bond donors (Lipinski definition) is 1. The van der Waals surface area contributed by atoms with Crippen molar-refractivity contribution in [1.29, 1.82) is 0 Å². The van der Waals surface area contributed by atoms with E-state index in [-0.39, 0.29) is 5.60 Å². The van der Waals surface area contributed by atoms with E-state index in [4.69, 9.17) is 25.5 Å². The molecule has 1 aliphatic rings. The molecule has 0 aromatic heterocycles. The first kappa shape index (κ1) is 20.8. The van der Waals surface area contributed by atoms with Gasteiger partial charge in [0, 0.05) is 20.2 Å². The van der Waals surface area contributed by atoms with Gasteiger partial charge in [0.2, 0.25) is 5.91 Å². The van der Waals surface area contributed by atoms with Gasteiger partial charge in [-0.3, -0.25) is 4.79 Å². The van der Waals surface area contributed by atoms with E-state index >= 15 is 0 Å². The summed E-state index contributed by atoms with van der Waals surface area (Å²) in [6.07, 6.45) is 1.43. The van der Waals surface area contributed by atoms with E-state index in [9.17, 15) is 4.79 Å². The summed E-state index contributed by atoms with van der Waals surface area (Å²) in [5, 5.41) is 6.90. The summed E-state index contributed by atoms with van der Waals surface area (Å²) >= 11 is 0. The molecule has 0 aromatic carbocycles. The molecule has 6 heteroatoms. The zero-order valence-corrected chi connectivity index (χ0v) is 13.2. The Morgan fingerprint density at radius 1 is 1.21 bits per heavy atom. The molecule has 4 radical (unpaired) electrons. The van der Waals surface area contributed by atoms with Gasteiger partial charge in [-0.15, -0.1) is 0 Å². The number of ether oxygens (including phenoxy) is 1. The van der Waals surface area contributed by atoms with E-state index in [1.54, 1.807) is 7.11 Å². The summed E-state index contributed by atoms with van der Waals surface area (Å²) in [5.74, 6) is -0.638. The molecule has 108 valence electrons. The Morgan fingerprint density at radius 3 is 1.84 bits per heavy atom. The number of hydrogen-bond acceptors (Lipinski definition) is 3. The van der Waals surface area contributed by atoms with Crippen LogP contribution in [0.2, 0.25) is 0 Å². The van der Waals surface area contributed by atoms with Crippen LogP contribution in [0.4, 0.5) is 0 Å². The average molecular weight is 267 g/mol. The van der Waals surface area contributed by atoms with Crippen molar-refractivity contribution in [3.63, 3.8) is 0 Å². The van der Waals surface area contributed by atoms with E-state index in [1.165, 1.54) is 4.90 Å². The number of piperidine rings is 1. The van der Waals surface area contributed by atoms with Crippen LogP contribution in [0.15, 0.2) is 0 Å². The highest BCUT2D eigenvalue weighted by Crippen LogP contribution is 2.25. The topological polar surface area (TPSA) is 49.8 Å². The van der Waals surface area contributed by atoms with Crippen molar-refractivity contribution in [2.45, 2.75) is 58.5 Å². The number of amides is 1. The van der Waals surface area contributed by atoms with Crippen LogP contribution in [-0.2, 0) is 9.53 Å². The second-order valence-electron chi connectivity index (χ2n) is 4.27. The van der Waals surface area contributed by atoms with Crippen molar-refractivity contribution >= 4 is 21.6 Å². The Hall–Kier alpha value is -0.480. The maximum atomic E-state index is 11.5. The van der Waals surface area contributed by atoms with Gasteiger partial charge in [-0.25, -0.2) is 0 Å². The normalized spacial score (nSPS) is 17.5. The maximum Gasteiger partial charge on any atom is 0.235 e. The molecule has 0 bridgehead atoms. The van der Waals surface area contributed by atoms with E-state index < -0.39 is 11.3 Å². The largest absolute Gasteiger partial charge is 0.400 e. The van der Waals surface area contributed by atoms with Gasteiger partial charge in [0.25, 0.3) is 0 Å². The van der Waals surface area contributed by atoms with Crippen molar-refractivity contribution in [3.05, 3.63) is 0 Å². The molecule has 0 aromatic rings. The molecule has 4 nitrogen and oxygen atoms in total.